The number of aliphatic hydroxyl groups excluding tert-OH is 2. The molecule has 0 spiro atoms. The molecular weight excluding hydrogens is 202 g/mol. The van der Waals surface area contributed by atoms with Gasteiger partial charge in [-0.05, 0) is 50.5 Å². The maximum Gasteiger partial charge on any atom is 0.0667 e. The molecule has 0 radical (unpaired) electrons. The summed E-state index contributed by atoms with van der Waals surface area (Å²) in [5, 5.41) is 19.6. The number of β-amino-alcohol motifs (C(OH)–C–C–N with tert-alkyl or cyclic N) is 1. The van der Waals surface area contributed by atoms with Crippen molar-refractivity contribution in [1.29, 1.82) is 0 Å². The zero-order chi connectivity index (χ0) is 11.5. The minimum absolute atomic E-state index is 0.115. The number of aliphatic hydroxyl groups is 2. The number of piperidine rings is 1. The van der Waals surface area contributed by atoms with E-state index >= 15 is 0 Å². The summed E-state index contributed by atoms with van der Waals surface area (Å²) in [5.41, 5.74) is 0. The molecule has 2 aliphatic rings. The highest BCUT2D eigenvalue weighted by molar-refractivity contribution is 4.82. The topological polar surface area (TPSA) is 43.7 Å². The molecular formula is C13H25NO2. The van der Waals surface area contributed by atoms with E-state index in [4.69, 9.17) is 0 Å². The Morgan fingerprint density at radius 2 is 2.00 bits per heavy atom. The van der Waals surface area contributed by atoms with Crippen molar-refractivity contribution in [1.82, 2.24) is 4.90 Å². The lowest BCUT2D eigenvalue weighted by atomic mass is 9.80. The normalized spacial score (nSPS) is 42.2. The van der Waals surface area contributed by atoms with E-state index in [1.807, 2.05) is 0 Å². The molecule has 2 N–H and O–H groups in total. The first-order valence-corrected chi connectivity index (χ1v) is 6.73. The molecule has 1 aliphatic heterocycles. The summed E-state index contributed by atoms with van der Waals surface area (Å²) in [6, 6.07) is 0. The summed E-state index contributed by atoms with van der Waals surface area (Å²) in [4.78, 5) is 2.33. The van der Waals surface area contributed by atoms with Gasteiger partial charge >= 0.3 is 0 Å². The molecule has 0 aromatic rings. The molecule has 94 valence electrons. The summed E-state index contributed by atoms with van der Waals surface area (Å²) in [7, 11) is 0. The van der Waals surface area contributed by atoms with E-state index in [0.717, 1.165) is 51.2 Å². The van der Waals surface area contributed by atoms with Gasteiger partial charge in [0, 0.05) is 13.1 Å². The average molecular weight is 227 g/mol. The quantitative estimate of drug-likeness (QED) is 0.746. The largest absolute Gasteiger partial charge is 0.393 e. The van der Waals surface area contributed by atoms with E-state index in [1.165, 1.54) is 6.42 Å². The van der Waals surface area contributed by atoms with Gasteiger partial charge in [0.05, 0.1) is 12.2 Å². The van der Waals surface area contributed by atoms with Crippen LogP contribution in [0.2, 0.25) is 0 Å². The average Bonchev–Trinajstić information content (AvgIpc) is 2.24. The highest BCUT2D eigenvalue weighted by atomic mass is 16.3. The van der Waals surface area contributed by atoms with Gasteiger partial charge in [-0.25, -0.2) is 0 Å². The van der Waals surface area contributed by atoms with Crippen molar-refractivity contribution in [3.8, 4) is 0 Å². The molecule has 0 aromatic carbocycles. The van der Waals surface area contributed by atoms with Crippen molar-refractivity contribution in [2.75, 3.05) is 19.6 Å². The molecule has 16 heavy (non-hydrogen) atoms. The highest BCUT2D eigenvalue weighted by Gasteiger charge is 2.29. The zero-order valence-corrected chi connectivity index (χ0v) is 10.3. The van der Waals surface area contributed by atoms with E-state index in [0.29, 0.717) is 5.92 Å². The SMILES string of the molecule is CC1CCC(O)C(CN2CCCC(O)C2)C1. The maximum absolute atomic E-state index is 9.99. The smallest absolute Gasteiger partial charge is 0.0667 e. The van der Waals surface area contributed by atoms with Crippen molar-refractivity contribution in [2.45, 2.75) is 51.2 Å². The molecule has 1 aliphatic carbocycles. The fraction of sp³-hybridized carbons (Fsp3) is 1.00. The summed E-state index contributed by atoms with van der Waals surface area (Å²) in [6.45, 7) is 5.15. The van der Waals surface area contributed by atoms with E-state index in [-0.39, 0.29) is 12.2 Å². The summed E-state index contributed by atoms with van der Waals surface area (Å²) in [6.07, 6.45) is 5.05. The fourth-order valence-corrected chi connectivity index (χ4v) is 3.21. The monoisotopic (exact) mass is 227 g/mol. The molecule has 0 bridgehead atoms. The molecule has 1 saturated carbocycles. The van der Waals surface area contributed by atoms with Gasteiger partial charge in [-0.2, -0.15) is 0 Å². The van der Waals surface area contributed by atoms with Crippen LogP contribution in [0.3, 0.4) is 0 Å². The minimum Gasteiger partial charge on any atom is -0.393 e. The van der Waals surface area contributed by atoms with E-state index in [1.54, 1.807) is 0 Å². The molecule has 0 amide bonds. The van der Waals surface area contributed by atoms with Crippen LogP contribution in [0.1, 0.15) is 39.0 Å². The Bertz CT molecular complexity index is 222. The van der Waals surface area contributed by atoms with E-state index in [9.17, 15) is 10.2 Å². The van der Waals surface area contributed by atoms with Gasteiger partial charge in [0.1, 0.15) is 0 Å². The van der Waals surface area contributed by atoms with Gasteiger partial charge in [0.15, 0.2) is 0 Å². The van der Waals surface area contributed by atoms with Crippen molar-refractivity contribution in [3.63, 3.8) is 0 Å². The van der Waals surface area contributed by atoms with Crippen LogP contribution in [-0.4, -0.2) is 47.0 Å². The van der Waals surface area contributed by atoms with Gasteiger partial charge in [-0.3, -0.25) is 0 Å². The van der Waals surface area contributed by atoms with Crippen LogP contribution in [-0.2, 0) is 0 Å². The molecule has 4 unspecified atom stereocenters. The van der Waals surface area contributed by atoms with Crippen LogP contribution in [0.25, 0.3) is 0 Å². The first kappa shape index (κ1) is 12.3. The predicted octanol–water partition coefficient (Wildman–Crippen LogP) is 1.24. The van der Waals surface area contributed by atoms with Crippen LogP contribution < -0.4 is 0 Å². The molecule has 2 rings (SSSR count). The Morgan fingerprint density at radius 1 is 1.19 bits per heavy atom. The first-order chi connectivity index (χ1) is 7.65. The third-order valence-electron chi connectivity index (χ3n) is 4.18. The Morgan fingerprint density at radius 3 is 2.75 bits per heavy atom. The van der Waals surface area contributed by atoms with Gasteiger partial charge in [0.2, 0.25) is 0 Å². The second-order valence-corrected chi connectivity index (χ2v) is 5.80. The molecule has 1 heterocycles. The second-order valence-electron chi connectivity index (χ2n) is 5.80. The molecule has 3 nitrogen and oxygen atoms in total. The molecule has 0 aromatic heterocycles. The molecule has 4 atom stereocenters. The lowest BCUT2D eigenvalue weighted by Crippen LogP contribution is -2.44. The van der Waals surface area contributed by atoms with E-state index < -0.39 is 0 Å². The third kappa shape index (κ3) is 3.19. The van der Waals surface area contributed by atoms with Crippen molar-refractivity contribution in [2.24, 2.45) is 11.8 Å². The standard InChI is InChI=1S/C13H25NO2/c1-10-4-5-13(16)11(7-10)8-14-6-2-3-12(15)9-14/h10-13,15-16H,2-9H2,1H3. The Hall–Kier alpha value is -0.120. The van der Waals surface area contributed by atoms with Gasteiger partial charge in [-0.1, -0.05) is 6.92 Å². The summed E-state index contributed by atoms with van der Waals surface area (Å²) in [5.74, 6) is 1.18. The lowest BCUT2D eigenvalue weighted by molar-refractivity contribution is 0.00729. The van der Waals surface area contributed by atoms with Crippen molar-refractivity contribution >= 4 is 0 Å². The molecule has 2 fully saturated rings. The number of rotatable bonds is 2. The van der Waals surface area contributed by atoms with Crippen LogP contribution >= 0.6 is 0 Å². The maximum atomic E-state index is 9.99. The number of likely N-dealkylation sites (tertiary alicyclic amines) is 1. The van der Waals surface area contributed by atoms with E-state index in [2.05, 4.69) is 11.8 Å². The van der Waals surface area contributed by atoms with Gasteiger partial charge < -0.3 is 15.1 Å². The summed E-state index contributed by atoms with van der Waals surface area (Å²) >= 11 is 0. The van der Waals surface area contributed by atoms with Gasteiger partial charge in [0.25, 0.3) is 0 Å². The number of hydrogen-bond donors (Lipinski definition) is 2. The van der Waals surface area contributed by atoms with Crippen LogP contribution in [0, 0.1) is 11.8 Å². The number of nitrogens with zero attached hydrogens (tertiary/aromatic N) is 1. The van der Waals surface area contributed by atoms with Crippen molar-refractivity contribution in [3.05, 3.63) is 0 Å². The van der Waals surface area contributed by atoms with Crippen LogP contribution in [0.15, 0.2) is 0 Å². The first-order valence-electron chi connectivity index (χ1n) is 6.73. The Kier molecular flexibility index (Phi) is 4.22. The van der Waals surface area contributed by atoms with Crippen LogP contribution in [0.4, 0.5) is 0 Å². The van der Waals surface area contributed by atoms with Gasteiger partial charge in [-0.15, -0.1) is 0 Å². The molecule has 1 saturated heterocycles. The fourth-order valence-electron chi connectivity index (χ4n) is 3.21. The Balaban J connectivity index is 1.82. The summed E-state index contributed by atoms with van der Waals surface area (Å²) < 4.78 is 0. The van der Waals surface area contributed by atoms with Crippen LogP contribution in [0.5, 0.6) is 0 Å². The second kappa shape index (κ2) is 5.48. The highest BCUT2D eigenvalue weighted by Crippen LogP contribution is 2.30. The lowest BCUT2D eigenvalue weighted by Gasteiger charge is -2.37. The third-order valence-corrected chi connectivity index (χ3v) is 4.18. The Labute approximate surface area is 98.5 Å². The predicted molar refractivity (Wildman–Crippen MR) is 64.2 cm³/mol. The zero-order valence-electron chi connectivity index (χ0n) is 10.3. The number of hydrogen-bond acceptors (Lipinski definition) is 3. The molecule has 3 heteroatoms. The van der Waals surface area contributed by atoms with Crippen molar-refractivity contribution < 1.29 is 10.2 Å². The minimum atomic E-state index is -0.146.